The van der Waals surface area contributed by atoms with Crippen LogP contribution >= 0.6 is 0 Å². The molecule has 1 rings (SSSR count). The van der Waals surface area contributed by atoms with Crippen LogP contribution in [0, 0.1) is 0 Å². The van der Waals surface area contributed by atoms with Gasteiger partial charge in [0.05, 0.1) is 6.20 Å². The van der Waals surface area contributed by atoms with Crippen LogP contribution in [0.1, 0.15) is 20.3 Å². The Kier molecular flexibility index (Phi) is 2.95. The Balaban J connectivity index is 2.58. The molecule has 0 bridgehead atoms. The first kappa shape index (κ1) is 9.64. The molecule has 0 saturated carbocycles. The van der Waals surface area contributed by atoms with Gasteiger partial charge in [-0.3, -0.25) is 4.57 Å². The fourth-order valence-corrected chi connectivity index (χ4v) is 0.899. The first-order chi connectivity index (χ1) is 6.13. The van der Waals surface area contributed by atoms with Gasteiger partial charge in [-0.2, -0.15) is 0 Å². The summed E-state index contributed by atoms with van der Waals surface area (Å²) in [5.74, 6) is 0.0966. The summed E-state index contributed by atoms with van der Waals surface area (Å²) in [4.78, 5) is 11.4. The normalized spacial score (nSPS) is 12.5. The zero-order valence-electron chi connectivity index (χ0n) is 7.82. The van der Waals surface area contributed by atoms with Gasteiger partial charge in [-0.05, 0) is 19.4 Å². The van der Waals surface area contributed by atoms with E-state index in [1.54, 1.807) is 0 Å². The molecule has 0 fully saturated rings. The van der Waals surface area contributed by atoms with Gasteiger partial charge in [-0.25, -0.2) is 4.79 Å². The van der Waals surface area contributed by atoms with Gasteiger partial charge in [0.1, 0.15) is 5.75 Å². The van der Waals surface area contributed by atoms with Crippen LogP contribution in [0.25, 0.3) is 0 Å². The molecule has 0 aliphatic rings. The molecule has 0 aliphatic heterocycles. The third-order valence-electron chi connectivity index (χ3n) is 1.89. The molecule has 0 aromatic carbocycles. The van der Waals surface area contributed by atoms with E-state index in [0.29, 0.717) is 0 Å². The van der Waals surface area contributed by atoms with Crippen LogP contribution in [0.2, 0.25) is 0 Å². The van der Waals surface area contributed by atoms with E-state index in [0.717, 1.165) is 6.42 Å². The fourth-order valence-electron chi connectivity index (χ4n) is 0.899. The topological polar surface area (TPSA) is 54.3 Å². The van der Waals surface area contributed by atoms with Gasteiger partial charge in [0, 0.05) is 12.2 Å². The lowest BCUT2D eigenvalue weighted by molar-refractivity contribution is 0.239. The number of aromatic hydroxyl groups is 1. The molecule has 1 aromatic rings. The number of aromatic nitrogens is 1. The summed E-state index contributed by atoms with van der Waals surface area (Å²) in [6.45, 7) is 3.93. The number of nitrogens with zero attached hydrogens (tertiary/aromatic N) is 1. The summed E-state index contributed by atoms with van der Waals surface area (Å²) in [5, 5.41) is 11.8. The Morgan fingerprint density at radius 1 is 1.77 bits per heavy atom. The zero-order valence-corrected chi connectivity index (χ0v) is 7.82. The molecule has 1 aromatic heterocycles. The van der Waals surface area contributed by atoms with Crippen molar-refractivity contribution in [3.63, 3.8) is 0 Å². The smallest absolute Gasteiger partial charge is 0.325 e. The van der Waals surface area contributed by atoms with Crippen molar-refractivity contribution in [2.24, 2.45) is 0 Å². The molecule has 1 heterocycles. The Hall–Kier alpha value is -1.45. The minimum absolute atomic E-state index is 0.0966. The van der Waals surface area contributed by atoms with Crippen molar-refractivity contribution >= 4 is 6.03 Å². The molecule has 0 radical (unpaired) electrons. The van der Waals surface area contributed by atoms with Crippen LogP contribution in [-0.2, 0) is 0 Å². The number of hydrogen-bond donors (Lipinski definition) is 2. The maximum absolute atomic E-state index is 11.4. The van der Waals surface area contributed by atoms with Crippen LogP contribution < -0.4 is 5.32 Å². The van der Waals surface area contributed by atoms with Gasteiger partial charge >= 0.3 is 6.03 Å². The van der Waals surface area contributed by atoms with Crippen molar-refractivity contribution in [2.75, 3.05) is 0 Å². The monoisotopic (exact) mass is 182 g/mol. The highest BCUT2D eigenvalue weighted by atomic mass is 16.3. The molecule has 0 spiro atoms. The number of hydrogen-bond acceptors (Lipinski definition) is 2. The highest BCUT2D eigenvalue weighted by Gasteiger charge is 2.06. The maximum Gasteiger partial charge on any atom is 0.325 e. The Bertz CT molecular complexity index is 294. The predicted molar refractivity (Wildman–Crippen MR) is 49.8 cm³/mol. The van der Waals surface area contributed by atoms with Crippen LogP contribution in [0.4, 0.5) is 4.79 Å². The Morgan fingerprint density at radius 3 is 2.92 bits per heavy atom. The molecule has 4 heteroatoms. The standard InChI is InChI=1S/C9H14N2O2/c1-3-7(2)10-9(13)11-5-4-8(12)6-11/h4-7,12H,3H2,1-2H3,(H,10,13). The van der Waals surface area contributed by atoms with E-state index < -0.39 is 0 Å². The van der Waals surface area contributed by atoms with Crippen molar-refractivity contribution in [1.82, 2.24) is 9.88 Å². The summed E-state index contributed by atoms with van der Waals surface area (Å²) in [7, 11) is 0. The SMILES string of the molecule is CCC(C)NC(=O)n1ccc(O)c1. The number of carbonyl (C=O) groups is 1. The van der Waals surface area contributed by atoms with Gasteiger partial charge < -0.3 is 10.4 Å². The first-order valence-corrected chi connectivity index (χ1v) is 4.31. The Labute approximate surface area is 77.2 Å². The van der Waals surface area contributed by atoms with Crippen LogP contribution in [-0.4, -0.2) is 21.7 Å². The van der Waals surface area contributed by atoms with Crippen molar-refractivity contribution in [3.05, 3.63) is 18.5 Å². The van der Waals surface area contributed by atoms with Crippen LogP contribution in [0.5, 0.6) is 5.75 Å². The molecule has 4 nitrogen and oxygen atoms in total. The third-order valence-corrected chi connectivity index (χ3v) is 1.89. The third kappa shape index (κ3) is 2.50. The van der Waals surface area contributed by atoms with Gasteiger partial charge in [-0.15, -0.1) is 0 Å². The molecular formula is C9H14N2O2. The van der Waals surface area contributed by atoms with E-state index in [1.165, 1.54) is 23.0 Å². The highest BCUT2D eigenvalue weighted by Crippen LogP contribution is 2.07. The predicted octanol–water partition coefficient (Wildman–Crippen LogP) is 1.55. The second kappa shape index (κ2) is 3.98. The maximum atomic E-state index is 11.4. The van der Waals surface area contributed by atoms with E-state index in [2.05, 4.69) is 5.32 Å². The molecule has 72 valence electrons. The lowest BCUT2D eigenvalue weighted by Crippen LogP contribution is -2.34. The van der Waals surface area contributed by atoms with Crippen molar-refractivity contribution < 1.29 is 9.90 Å². The summed E-state index contributed by atoms with van der Waals surface area (Å²) in [6, 6.07) is 1.41. The van der Waals surface area contributed by atoms with E-state index in [9.17, 15) is 4.79 Å². The van der Waals surface area contributed by atoms with E-state index in [4.69, 9.17) is 5.11 Å². The summed E-state index contributed by atoms with van der Waals surface area (Å²) < 4.78 is 1.32. The number of rotatable bonds is 2. The minimum Gasteiger partial charge on any atom is -0.506 e. The summed E-state index contributed by atoms with van der Waals surface area (Å²) in [5.41, 5.74) is 0. The van der Waals surface area contributed by atoms with Crippen LogP contribution in [0.3, 0.4) is 0 Å². The Morgan fingerprint density at radius 2 is 2.46 bits per heavy atom. The van der Waals surface area contributed by atoms with Crippen molar-refractivity contribution in [1.29, 1.82) is 0 Å². The molecule has 0 aliphatic carbocycles. The quantitative estimate of drug-likeness (QED) is 0.729. The lowest BCUT2D eigenvalue weighted by Gasteiger charge is -2.10. The molecule has 1 atom stereocenters. The molecule has 13 heavy (non-hydrogen) atoms. The first-order valence-electron chi connectivity index (χ1n) is 4.31. The molecule has 1 unspecified atom stereocenters. The van der Waals surface area contributed by atoms with E-state index in [-0.39, 0.29) is 17.8 Å². The molecular weight excluding hydrogens is 168 g/mol. The average molecular weight is 182 g/mol. The van der Waals surface area contributed by atoms with Gasteiger partial charge in [0.25, 0.3) is 0 Å². The van der Waals surface area contributed by atoms with E-state index in [1.807, 2.05) is 13.8 Å². The number of amides is 1. The van der Waals surface area contributed by atoms with Gasteiger partial charge in [0.15, 0.2) is 0 Å². The molecule has 2 N–H and O–H groups in total. The highest BCUT2D eigenvalue weighted by molar-refractivity contribution is 5.77. The van der Waals surface area contributed by atoms with Crippen LogP contribution in [0.15, 0.2) is 18.5 Å². The summed E-state index contributed by atoms with van der Waals surface area (Å²) >= 11 is 0. The van der Waals surface area contributed by atoms with Crippen molar-refractivity contribution in [2.45, 2.75) is 26.3 Å². The minimum atomic E-state index is -0.213. The van der Waals surface area contributed by atoms with Crippen molar-refractivity contribution in [3.8, 4) is 5.75 Å². The second-order valence-corrected chi connectivity index (χ2v) is 3.04. The number of nitrogens with one attached hydrogen (secondary N) is 1. The van der Waals surface area contributed by atoms with Gasteiger partial charge in [-0.1, -0.05) is 6.92 Å². The molecule has 1 amide bonds. The largest absolute Gasteiger partial charge is 0.506 e. The number of carbonyl (C=O) groups excluding carboxylic acids is 1. The van der Waals surface area contributed by atoms with E-state index >= 15 is 0 Å². The lowest BCUT2D eigenvalue weighted by atomic mass is 10.3. The second-order valence-electron chi connectivity index (χ2n) is 3.04. The summed E-state index contributed by atoms with van der Waals surface area (Å²) in [6.07, 6.45) is 3.78. The average Bonchev–Trinajstić information content (AvgIpc) is 2.51. The zero-order chi connectivity index (χ0) is 9.84. The molecule has 0 saturated heterocycles. The fraction of sp³-hybridized carbons (Fsp3) is 0.444. The van der Waals surface area contributed by atoms with Gasteiger partial charge in [0.2, 0.25) is 0 Å².